The molecule has 400 valence electrons. The lowest BCUT2D eigenvalue weighted by atomic mass is 9.83. The van der Waals surface area contributed by atoms with Gasteiger partial charge in [0.1, 0.15) is 40.7 Å². The van der Waals surface area contributed by atoms with Crippen LogP contribution in [-0.2, 0) is 68.2 Å². The summed E-state index contributed by atoms with van der Waals surface area (Å²) in [6.45, 7) is 11.1. The lowest BCUT2D eigenvalue weighted by molar-refractivity contribution is -0.162. The van der Waals surface area contributed by atoms with Gasteiger partial charge in [-0.3, -0.25) is 19.7 Å². The molecule has 3 aliphatic heterocycles. The van der Waals surface area contributed by atoms with Crippen LogP contribution in [0.5, 0.6) is 5.75 Å². The fourth-order valence-electron chi connectivity index (χ4n) is 7.83. The molecule has 4 bridgehead atoms. The van der Waals surface area contributed by atoms with Crippen molar-refractivity contribution in [3.63, 3.8) is 0 Å². The molecule has 6 N–H and O–H groups in total. The van der Waals surface area contributed by atoms with Crippen molar-refractivity contribution in [1.82, 2.24) is 15.5 Å². The molecule has 1 aromatic rings. The van der Waals surface area contributed by atoms with Gasteiger partial charge in [-0.25, -0.2) is 9.59 Å². The quantitative estimate of drug-likeness (QED) is 0.0499. The number of nitrogens with zero attached hydrogens (tertiary/aromatic N) is 2. The molecule has 0 spiro atoms. The van der Waals surface area contributed by atoms with Gasteiger partial charge in [-0.15, -0.1) is 0 Å². The molecule has 2 saturated heterocycles. The average molecular weight is 1030 g/mol. The Balaban J connectivity index is 1.25. The minimum absolute atomic E-state index is 0.0376. The molecule has 8 atom stereocenters. The molecule has 1 aromatic carbocycles. The molecule has 1 unspecified atom stereocenters. The van der Waals surface area contributed by atoms with Gasteiger partial charge in [0, 0.05) is 33.0 Å². The second-order valence-electron chi connectivity index (χ2n) is 17.7. The number of fused-ring (bicyclic) bond motifs is 5. The van der Waals surface area contributed by atoms with Crippen molar-refractivity contribution >= 4 is 47.1 Å². The molecule has 4 rings (SSSR count). The number of alkyl carbamates (subject to hydrolysis) is 1. The number of benzene rings is 1. The number of nitrogens with one attached hydrogen (secondary N) is 2. The van der Waals surface area contributed by atoms with Crippen LogP contribution < -0.4 is 26.0 Å². The largest absolute Gasteiger partial charge is 0.495 e. The summed E-state index contributed by atoms with van der Waals surface area (Å²) in [5.41, 5.74) is 3.76. The number of nitrogens with two attached hydrogens (primary N) is 1. The Morgan fingerprint density at radius 2 is 1.56 bits per heavy atom. The van der Waals surface area contributed by atoms with Crippen molar-refractivity contribution in [2.24, 2.45) is 11.7 Å². The summed E-state index contributed by atoms with van der Waals surface area (Å²) >= 11 is 6.77. The normalized spacial score (nSPS) is 26.2. The van der Waals surface area contributed by atoms with Crippen molar-refractivity contribution in [2.75, 3.05) is 118 Å². The van der Waals surface area contributed by atoms with Crippen molar-refractivity contribution in [3.05, 3.63) is 46.5 Å². The maximum Gasteiger partial charge on any atom is 0.409 e. The zero-order valence-corrected chi connectivity index (χ0v) is 42.7. The highest BCUT2D eigenvalue weighted by atomic mass is 35.5. The zero-order valence-electron chi connectivity index (χ0n) is 41.9. The van der Waals surface area contributed by atoms with Gasteiger partial charge in [-0.1, -0.05) is 42.3 Å². The van der Waals surface area contributed by atoms with Gasteiger partial charge in [0.15, 0.2) is 5.72 Å². The number of esters is 1. The van der Waals surface area contributed by atoms with E-state index in [1.165, 1.54) is 37.0 Å². The van der Waals surface area contributed by atoms with E-state index in [2.05, 4.69) is 10.6 Å². The number of likely N-dealkylation sites (N-methyl/N-ethyl adjacent to an activating group) is 1. The van der Waals surface area contributed by atoms with Gasteiger partial charge >= 0.3 is 12.1 Å². The fraction of sp³-hybridized carbons (Fsp3) is 0.688. The number of halogens is 1. The van der Waals surface area contributed by atoms with Crippen LogP contribution >= 0.6 is 11.6 Å². The number of carbonyl (C=O) groups is 5. The van der Waals surface area contributed by atoms with E-state index >= 15 is 0 Å². The predicted octanol–water partition coefficient (Wildman–Crippen LogP) is 1.43. The molecule has 0 radical (unpaired) electrons. The number of aliphatic hydroxyl groups excluding tert-OH is 1. The number of epoxide rings is 1. The number of aliphatic hydroxyl groups is 2. The van der Waals surface area contributed by atoms with Crippen LogP contribution in [0.25, 0.3) is 0 Å². The van der Waals surface area contributed by atoms with E-state index in [0.29, 0.717) is 83.9 Å². The summed E-state index contributed by atoms with van der Waals surface area (Å²) in [6.07, 6.45) is -0.937. The first-order valence-corrected chi connectivity index (χ1v) is 24.2. The molecule has 71 heavy (non-hydrogen) atoms. The number of methoxy groups -OCH3 is 1. The lowest BCUT2D eigenvalue weighted by Crippen LogP contribution is -2.63. The number of rotatable bonds is 26. The Labute approximate surface area is 420 Å². The van der Waals surface area contributed by atoms with E-state index in [1.54, 1.807) is 45.2 Å². The van der Waals surface area contributed by atoms with E-state index in [0.717, 1.165) is 11.1 Å². The fourth-order valence-corrected chi connectivity index (χ4v) is 8.14. The number of amides is 4. The third-order valence-corrected chi connectivity index (χ3v) is 12.8. The molecular formula is C48H74ClN5O17. The number of allylic oxidation sites excluding steroid dienone is 3. The molecule has 3 aliphatic rings. The van der Waals surface area contributed by atoms with Gasteiger partial charge < -0.3 is 78.4 Å². The Kier molecular flexibility index (Phi) is 24.4. The van der Waals surface area contributed by atoms with Gasteiger partial charge in [0.25, 0.3) is 0 Å². The minimum Gasteiger partial charge on any atom is -0.495 e. The average Bonchev–Trinajstić information content (AvgIpc) is 4.04. The summed E-state index contributed by atoms with van der Waals surface area (Å²) in [5, 5.41) is 27.7. The van der Waals surface area contributed by atoms with E-state index < -0.39 is 71.6 Å². The first-order chi connectivity index (χ1) is 33.8. The van der Waals surface area contributed by atoms with Crippen molar-refractivity contribution in [1.29, 1.82) is 0 Å². The van der Waals surface area contributed by atoms with Crippen molar-refractivity contribution in [3.8, 4) is 5.75 Å². The molecule has 2 fully saturated rings. The third kappa shape index (κ3) is 18.2. The predicted molar refractivity (Wildman–Crippen MR) is 258 cm³/mol. The molecule has 0 aliphatic carbocycles. The Hall–Kier alpha value is -4.46. The van der Waals surface area contributed by atoms with E-state index in [-0.39, 0.29) is 56.6 Å². The molecule has 4 amide bonds. The number of hydrogen-bond donors (Lipinski definition) is 5. The highest BCUT2D eigenvalue weighted by Crippen LogP contribution is 2.49. The molecule has 3 heterocycles. The molecule has 0 saturated carbocycles. The SMILES string of the molecule is COc1cc2cc(c1Cl)N(C)C(=O)C[C@H](OC(=O)[C@H](C)N(C)C(=O)CCOCCOCCOCCOCCOCCOCCNC(=O)CN)[C@]1(C)OC1[C@H](C)[C@@H]1C[C@@](O)(NC(=O)O1)[C@H](O)/C=C/C=C(\C)C2. The maximum absolute atomic E-state index is 14.2. The van der Waals surface area contributed by atoms with Gasteiger partial charge in [0.05, 0.1) is 118 Å². The van der Waals surface area contributed by atoms with Crippen LogP contribution in [0, 0.1) is 5.92 Å². The van der Waals surface area contributed by atoms with Gasteiger partial charge in [-0.2, -0.15) is 0 Å². The lowest BCUT2D eigenvalue weighted by Gasteiger charge is -2.41. The summed E-state index contributed by atoms with van der Waals surface area (Å²) in [7, 11) is 4.47. The highest BCUT2D eigenvalue weighted by molar-refractivity contribution is 6.35. The van der Waals surface area contributed by atoms with Crippen LogP contribution in [0.4, 0.5) is 10.5 Å². The van der Waals surface area contributed by atoms with E-state index in [4.69, 9.17) is 64.7 Å². The zero-order chi connectivity index (χ0) is 52.1. The Morgan fingerprint density at radius 3 is 2.14 bits per heavy atom. The molecule has 23 heteroatoms. The Bertz CT molecular complexity index is 1980. The Morgan fingerprint density at radius 1 is 0.986 bits per heavy atom. The number of carbonyl (C=O) groups excluding carboxylic acids is 5. The third-order valence-electron chi connectivity index (χ3n) is 12.4. The topological polar surface area (TPSA) is 278 Å². The number of hydrogen-bond acceptors (Lipinski definition) is 18. The maximum atomic E-state index is 14.2. The molecule has 0 aromatic heterocycles. The van der Waals surface area contributed by atoms with Crippen LogP contribution in [0.1, 0.15) is 52.5 Å². The highest BCUT2D eigenvalue weighted by Gasteiger charge is 2.64. The summed E-state index contributed by atoms with van der Waals surface area (Å²) in [4.78, 5) is 67.8. The van der Waals surface area contributed by atoms with E-state index in [1.807, 2.05) is 6.92 Å². The van der Waals surface area contributed by atoms with E-state index in [9.17, 15) is 34.2 Å². The monoisotopic (exact) mass is 1030 g/mol. The number of anilines is 1. The van der Waals surface area contributed by atoms with Crippen LogP contribution in [0.15, 0.2) is 35.9 Å². The first kappa shape index (κ1) is 59.1. The van der Waals surface area contributed by atoms with Crippen molar-refractivity contribution < 1.29 is 81.6 Å². The molecular weight excluding hydrogens is 954 g/mol. The standard InChI is InChI=1S/C48H74ClN5O17/c1-31-9-8-10-38(55)48(61)29-37(69-46(60)52-48)32(2)44-47(4,71-44)39(28-42(58)54(6)35-26-34(25-31)27-36(62-7)43(35)49)70-45(59)33(3)53(5)41(57)11-13-63-15-17-65-19-21-67-23-24-68-22-20-66-18-16-64-14-12-51-40(56)30-50/h8-10,26-27,32-33,37-39,44,55,61H,11-25,28-30,50H2,1-7H3,(H,51,56)(H,52,60)/b10-8+,31-9+/t32-,33+,37+,38-,39+,44?,47+,48+/m1/s1. The smallest absolute Gasteiger partial charge is 0.409 e. The van der Waals surface area contributed by atoms with Crippen LogP contribution in [0.3, 0.4) is 0 Å². The summed E-state index contributed by atoms with van der Waals surface area (Å²) < 4.78 is 56.3. The molecule has 22 nitrogen and oxygen atoms in total. The van der Waals surface area contributed by atoms with Gasteiger partial charge in [-0.05, 0) is 44.9 Å². The minimum atomic E-state index is -2.09. The van der Waals surface area contributed by atoms with Gasteiger partial charge in [0.2, 0.25) is 17.7 Å². The van der Waals surface area contributed by atoms with Crippen LogP contribution in [-0.4, -0.2) is 200 Å². The second kappa shape index (κ2) is 29.3. The van der Waals surface area contributed by atoms with Crippen LogP contribution in [0.2, 0.25) is 5.02 Å². The summed E-state index contributed by atoms with van der Waals surface area (Å²) in [5.74, 6) is -2.20. The van der Waals surface area contributed by atoms with Crippen molar-refractivity contribution in [2.45, 2.75) is 95.2 Å². The second-order valence-corrected chi connectivity index (χ2v) is 18.0. The number of ether oxygens (including phenoxy) is 10. The summed E-state index contributed by atoms with van der Waals surface area (Å²) in [6, 6.07) is 2.41. The first-order valence-electron chi connectivity index (χ1n) is 23.8.